The molecule has 0 aliphatic rings. The van der Waals surface area contributed by atoms with Gasteiger partial charge in [0.25, 0.3) is 0 Å². The average molecular weight is 603 g/mol. The lowest BCUT2D eigenvalue weighted by molar-refractivity contribution is 0.0128. The largest absolute Gasteiger partial charge is 0.491 e. The first kappa shape index (κ1) is 36.4. The molecule has 0 saturated carbocycles. The average Bonchev–Trinajstić information content (AvgIpc) is 3.01. The molecule has 0 saturated heterocycles. The lowest BCUT2D eigenvalue weighted by Crippen LogP contribution is -2.42. The highest BCUT2D eigenvalue weighted by Crippen LogP contribution is 2.46. The Kier molecular flexibility index (Phi) is 18.2. The fourth-order valence-electron chi connectivity index (χ4n) is 5.53. The summed E-state index contributed by atoms with van der Waals surface area (Å²) in [5, 5.41) is 19.0. The maximum Gasteiger partial charge on any atom is 0.119 e. The summed E-state index contributed by atoms with van der Waals surface area (Å²) >= 11 is 4.87. The predicted molar refractivity (Wildman–Crippen MR) is 181 cm³/mol. The summed E-state index contributed by atoms with van der Waals surface area (Å²) < 4.78 is 17.4. The molecule has 42 heavy (non-hydrogen) atoms. The van der Waals surface area contributed by atoms with Crippen molar-refractivity contribution in [2.45, 2.75) is 84.7 Å². The monoisotopic (exact) mass is 602 g/mol. The number of ether oxygens (including phenoxy) is 3. The minimum atomic E-state index is -0.588. The molecule has 2 aromatic carbocycles. The van der Waals surface area contributed by atoms with Crippen LogP contribution < -0.4 is 15.4 Å². The molecule has 0 aromatic heterocycles. The molecule has 0 radical (unpaired) electrons. The van der Waals surface area contributed by atoms with Crippen LogP contribution in [0.4, 0.5) is 5.69 Å². The highest BCUT2D eigenvalue weighted by atomic mass is 32.1. The Hall–Kier alpha value is -1.77. The Bertz CT molecular complexity index is 981. The molecule has 0 aliphatic carbocycles. The van der Waals surface area contributed by atoms with Crippen molar-refractivity contribution in [3.63, 3.8) is 0 Å². The zero-order valence-corrected chi connectivity index (χ0v) is 27.8. The standard InChI is InChI=1S/C35H58N2O4S/c1-6-9-16-35(27-42,17-10-7-2)34(38)33(32-26-30(36-5)15-14-28(32)4)29-12-11-13-31(25-29)41-24-23-40-22-21-39-20-19-37-18-8-3/h11-15,25-26,33-34,36-38,42H,6-10,16-24,27H2,1-5H3/t33-,34-/m0/s1. The molecule has 7 heteroatoms. The van der Waals surface area contributed by atoms with Crippen LogP contribution in [0, 0.1) is 12.3 Å². The fourth-order valence-corrected chi connectivity index (χ4v) is 6.03. The second-order valence-electron chi connectivity index (χ2n) is 11.4. The summed E-state index contributed by atoms with van der Waals surface area (Å²) in [6.07, 6.45) is 6.81. The smallest absolute Gasteiger partial charge is 0.119 e. The Morgan fingerprint density at radius 2 is 1.55 bits per heavy atom. The van der Waals surface area contributed by atoms with Gasteiger partial charge < -0.3 is 30.0 Å². The third kappa shape index (κ3) is 11.7. The molecule has 0 amide bonds. The number of rotatable bonds is 24. The van der Waals surface area contributed by atoms with E-state index in [-0.39, 0.29) is 11.3 Å². The van der Waals surface area contributed by atoms with Gasteiger partial charge in [-0.15, -0.1) is 0 Å². The number of aryl methyl sites for hydroxylation is 1. The van der Waals surface area contributed by atoms with Gasteiger partial charge >= 0.3 is 0 Å². The molecule has 0 heterocycles. The molecule has 0 aliphatic heterocycles. The summed E-state index contributed by atoms with van der Waals surface area (Å²) in [6, 6.07) is 14.7. The highest BCUT2D eigenvalue weighted by Gasteiger charge is 2.42. The lowest BCUT2D eigenvalue weighted by Gasteiger charge is -2.42. The third-order valence-corrected chi connectivity index (χ3v) is 8.78. The van der Waals surface area contributed by atoms with Crippen LogP contribution in [0.5, 0.6) is 5.75 Å². The van der Waals surface area contributed by atoms with Gasteiger partial charge in [-0.1, -0.05) is 64.7 Å². The first-order valence-corrected chi connectivity index (χ1v) is 16.8. The van der Waals surface area contributed by atoms with E-state index in [1.807, 2.05) is 19.2 Å². The number of aliphatic hydroxyl groups is 1. The van der Waals surface area contributed by atoms with Gasteiger partial charge in [0.15, 0.2) is 0 Å². The molecule has 2 rings (SSSR count). The molecular weight excluding hydrogens is 544 g/mol. The number of hydrogen-bond acceptors (Lipinski definition) is 7. The minimum Gasteiger partial charge on any atom is -0.491 e. The summed E-state index contributed by atoms with van der Waals surface area (Å²) in [6.45, 7) is 13.4. The van der Waals surface area contributed by atoms with Crippen molar-refractivity contribution < 1.29 is 19.3 Å². The zero-order chi connectivity index (χ0) is 30.6. The molecule has 2 aromatic rings. The molecular formula is C35H58N2O4S. The maximum atomic E-state index is 12.4. The minimum absolute atomic E-state index is 0.206. The van der Waals surface area contributed by atoms with Crippen LogP contribution >= 0.6 is 12.6 Å². The fraction of sp³-hybridized carbons (Fsp3) is 0.657. The lowest BCUT2D eigenvalue weighted by atomic mass is 9.67. The van der Waals surface area contributed by atoms with Gasteiger partial charge in [0, 0.05) is 30.6 Å². The molecule has 6 nitrogen and oxygen atoms in total. The molecule has 0 fully saturated rings. The van der Waals surface area contributed by atoms with E-state index in [2.05, 4.69) is 68.7 Å². The Morgan fingerprint density at radius 1 is 0.857 bits per heavy atom. The topological polar surface area (TPSA) is 72.0 Å². The Morgan fingerprint density at radius 3 is 2.19 bits per heavy atom. The van der Waals surface area contributed by atoms with Gasteiger partial charge in [-0.2, -0.15) is 12.6 Å². The van der Waals surface area contributed by atoms with Crippen molar-refractivity contribution in [3.8, 4) is 5.75 Å². The van der Waals surface area contributed by atoms with Crippen LogP contribution in [-0.4, -0.2) is 70.1 Å². The van der Waals surface area contributed by atoms with E-state index in [4.69, 9.17) is 26.8 Å². The Balaban J connectivity index is 2.20. The van der Waals surface area contributed by atoms with E-state index in [1.54, 1.807) is 0 Å². The van der Waals surface area contributed by atoms with Gasteiger partial charge in [-0.25, -0.2) is 0 Å². The van der Waals surface area contributed by atoms with Crippen molar-refractivity contribution in [2.24, 2.45) is 5.41 Å². The van der Waals surface area contributed by atoms with Crippen molar-refractivity contribution >= 4 is 18.3 Å². The van der Waals surface area contributed by atoms with Crippen LogP contribution in [0.25, 0.3) is 0 Å². The molecule has 3 N–H and O–H groups in total. The summed E-state index contributed by atoms with van der Waals surface area (Å²) in [4.78, 5) is 0. The number of aliphatic hydroxyl groups excluding tert-OH is 1. The van der Waals surface area contributed by atoms with E-state index in [1.165, 1.54) is 5.56 Å². The molecule has 238 valence electrons. The van der Waals surface area contributed by atoms with E-state index in [0.29, 0.717) is 38.8 Å². The van der Waals surface area contributed by atoms with Crippen LogP contribution in [0.2, 0.25) is 0 Å². The van der Waals surface area contributed by atoms with Gasteiger partial charge in [-0.3, -0.25) is 0 Å². The van der Waals surface area contributed by atoms with E-state index in [0.717, 1.165) is 80.6 Å². The van der Waals surface area contributed by atoms with Gasteiger partial charge in [0.05, 0.1) is 32.5 Å². The predicted octanol–water partition coefficient (Wildman–Crippen LogP) is 7.24. The maximum absolute atomic E-state index is 12.4. The zero-order valence-electron chi connectivity index (χ0n) is 26.9. The molecule has 2 atom stereocenters. The third-order valence-electron chi connectivity index (χ3n) is 8.15. The summed E-state index contributed by atoms with van der Waals surface area (Å²) in [5.41, 5.74) is 4.12. The van der Waals surface area contributed by atoms with Crippen LogP contribution in [0.15, 0.2) is 42.5 Å². The van der Waals surface area contributed by atoms with E-state index >= 15 is 0 Å². The number of unbranched alkanes of at least 4 members (excludes halogenated alkanes) is 2. The van der Waals surface area contributed by atoms with Crippen molar-refractivity contribution in [3.05, 3.63) is 59.2 Å². The molecule has 0 unspecified atom stereocenters. The summed E-state index contributed by atoms with van der Waals surface area (Å²) in [7, 11) is 1.94. The first-order chi connectivity index (χ1) is 20.5. The van der Waals surface area contributed by atoms with E-state index < -0.39 is 6.10 Å². The second kappa shape index (κ2) is 21.0. The number of hydrogen-bond donors (Lipinski definition) is 4. The normalized spacial score (nSPS) is 13.2. The molecule has 0 spiro atoms. The number of anilines is 1. The number of thiol groups is 1. The first-order valence-electron chi connectivity index (χ1n) is 16.1. The highest BCUT2D eigenvalue weighted by molar-refractivity contribution is 7.80. The SMILES string of the molecule is CCCCC(CS)(CCCC)[C@@H](O)[C@@H](c1cccc(OCCOCCOCCNCCC)c1)c1cc(NC)ccc1C. The van der Waals surface area contributed by atoms with Gasteiger partial charge in [0.2, 0.25) is 0 Å². The quantitative estimate of drug-likeness (QED) is 0.0750. The van der Waals surface area contributed by atoms with Crippen molar-refractivity contribution in [1.82, 2.24) is 5.32 Å². The second-order valence-corrected chi connectivity index (χ2v) is 11.7. The number of benzene rings is 2. The Labute approximate surface area is 261 Å². The van der Waals surface area contributed by atoms with Crippen LogP contribution in [0.3, 0.4) is 0 Å². The molecule has 0 bridgehead atoms. The summed E-state index contributed by atoms with van der Waals surface area (Å²) in [5.74, 6) is 1.23. The van der Waals surface area contributed by atoms with Crippen LogP contribution in [0.1, 0.15) is 88.3 Å². The number of nitrogens with one attached hydrogen (secondary N) is 2. The van der Waals surface area contributed by atoms with Gasteiger partial charge in [0.1, 0.15) is 12.4 Å². The van der Waals surface area contributed by atoms with Crippen LogP contribution in [-0.2, 0) is 9.47 Å². The van der Waals surface area contributed by atoms with Gasteiger partial charge in [-0.05, 0) is 79.4 Å². The van der Waals surface area contributed by atoms with Crippen molar-refractivity contribution in [2.75, 3.05) is 64.2 Å². The van der Waals surface area contributed by atoms with E-state index in [9.17, 15) is 5.11 Å². The van der Waals surface area contributed by atoms with Crippen molar-refractivity contribution in [1.29, 1.82) is 0 Å².